The van der Waals surface area contributed by atoms with Crippen LogP contribution >= 0.6 is 0 Å². The van der Waals surface area contributed by atoms with Gasteiger partial charge in [-0.3, -0.25) is 0 Å². The van der Waals surface area contributed by atoms with E-state index in [0.717, 1.165) is 12.5 Å². The third-order valence-electron chi connectivity index (χ3n) is 3.86. The van der Waals surface area contributed by atoms with Gasteiger partial charge in [-0.1, -0.05) is 31.2 Å². The van der Waals surface area contributed by atoms with Crippen LogP contribution < -0.4 is 5.32 Å². The van der Waals surface area contributed by atoms with Gasteiger partial charge in [0.1, 0.15) is 0 Å². The van der Waals surface area contributed by atoms with Crippen LogP contribution in [-0.2, 0) is 0 Å². The maximum Gasteiger partial charge on any atom is 0.0449 e. The van der Waals surface area contributed by atoms with E-state index in [4.69, 9.17) is 0 Å². The Bertz CT molecular complexity index is 362. The molecule has 2 unspecified atom stereocenters. The monoisotopic (exact) mass is 232 g/mol. The number of likely N-dealkylation sites (tertiary alicyclic amines) is 1. The fourth-order valence-corrected chi connectivity index (χ4v) is 2.77. The van der Waals surface area contributed by atoms with Crippen molar-refractivity contribution in [3.63, 3.8) is 0 Å². The van der Waals surface area contributed by atoms with Crippen LogP contribution in [0.3, 0.4) is 0 Å². The molecule has 0 aliphatic carbocycles. The van der Waals surface area contributed by atoms with Gasteiger partial charge in [0.2, 0.25) is 0 Å². The van der Waals surface area contributed by atoms with E-state index in [-0.39, 0.29) is 0 Å². The number of nitrogens with one attached hydrogen (secondary N) is 1. The summed E-state index contributed by atoms with van der Waals surface area (Å²) in [6, 6.07) is 9.16. The molecule has 1 fully saturated rings. The standard InChI is InChI=1S/C15H24N2/c1-12-8-9-17(10-12)11-15(16-3)14-7-5-4-6-13(14)2/h4-7,12,15-16H,8-11H2,1-3H3. The van der Waals surface area contributed by atoms with Crippen molar-refractivity contribution in [2.24, 2.45) is 5.92 Å². The molecule has 1 saturated heterocycles. The third kappa shape index (κ3) is 3.08. The summed E-state index contributed by atoms with van der Waals surface area (Å²) in [5, 5.41) is 3.46. The number of hydrogen-bond acceptors (Lipinski definition) is 2. The van der Waals surface area contributed by atoms with Gasteiger partial charge < -0.3 is 10.2 Å². The minimum atomic E-state index is 0.460. The first-order chi connectivity index (χ1) is 8.20. The van der Waals surface area contributed by atoms with Crippen molar-refractivity contribution in [3.8, 4) is 0 Å². The van der Waals surface area contributed by atoms with Crippen molar-refractivity contribution in [1.82, 2.24) is 10.2 Å². The molecule has 2 nitrogen and oxygen atoms in total. The van der Waals surface area contributed by atoms with Crippen LogP contribution in [0.5, 0.6) is 0 Å². The predicted octanol–water partition coefficient (Wildman–Crippen LogP) is 2.60. The van der Waals surface area contributed by atoms with E-state index in [0.29, 0.717) is 6.04 Å². The van der Waals surface area contributed by atoms with E-state index in [1.807, 2.05) is 0 Å². The first kappa shape index (κ1) is 12.6. The summed E-state index contributed by atoms with van der Waals surface area (Å²) in [5.74, 6) is 0.865. The summed E-state index contributed by atoms with van der Waals surface area (Å²) in [7, 11) is 2.07. The fraction of sp³-hybridized carbons (Fsp3) is 0.600. The van der Waals surface area contributed by atoms with E-state index >= 15 is 0 Å². The molecular formula is C15H24N2. The Balaban J connectivity index is 2.04. The summed E-state index contributed by atoms with van der Waals surface area (Å²) in [4.78, 5) is 2.58. The second-order valence-electron chi connectivity index (χ2n) is 5.35. The lowest BCUT2D eigenvalue weighted by atomic mass is 10.0. The van der Waals surface area contributed by atoms with Crippen molar-refractivity contribution in [2.75, 3.05) is 26.7 Å². The molecule has 0 saturated carbocycles. The first-order valence-corrected chi connectivity index (χ1v) is 6.66. The largest absolute Gasteiger partial charge is 0.312 e. The zero-order valence-electron chi connectivity index (χ0n) is 11.2. The molecule has 0 radical (unpaired) electrons. The molecule has 1 aliphatic heterocycles. The van der Waals surface area contributed by atoms with Crippen LogP contribution in [-0.4, -0.2) is 31.6 Å². The topological polar surface area (TPSA) is 15.3 Å². The Morgan fingerprint density at radius 3 is 2.76 bits per heavy atom. The maximum absolute atomic E-state index is 3.46. The zero-order valence-corrected chi connectivity index (χ0v) is 11.2. The van der Waals surface area contributed by atoms with Gasteiger partial charge >= 0.3 is 0 Å². The van der Waals surface area contributed by atoms with E-state index in [9.17, 15) is 0 Å². The minimum Gasteiger partial charge on any atom is -0.312 e. The van der Waals surface area contributed by atoms with Crippen LogP contribution in [0.1, 0.15) is 30.5 Å². The summed E-state index contributed by atoms with van der Waals surface area (Å²) in [5.41, 5.74) is 2.83. The quantitative estimate of drug-likeness (QED) is 0.858. The average molecular weight is 232 g/mol. The van der Waals surface area contributed by atoms with E-state index < -0.39 is 0 Å². The molecule has 1 aromatic carbocycles. The van der Waals surface area contributed by atoms with Crippen molar-refractivity contribution in [3.05, 3.63) is 35.4 Å². The fourth-order valence-electron chi connectivity index (χ4n) is 2.77. The second kappa shape index (κ2) is 5.65. The molecule has 1 heterocycles. The van der Waals surface area contributed by atoms with Gasteiger partial charge in [0.25, 0.3) is 0 Å². The Labute approximate surface area is 105 Å². The van der Waals surface area contributed by atoms with Crippen LogP contribution in [0, 0.1) is 12.8 Å². The van der Waals surface area contributed by atoms with E-state index in [1.54, 1.807) is 0 Å². The number of aryl methyl sites for hydroxylation is 1. The highest BCUT2D eigenvalue weighted by Gasteiger charge is 2.22. The molecule has 0 bridgehead atoms. The highest BCUT2D eigenvalue weighted by Crippen LogP contribution is 2.22. The molecule has 2 rings (SSSR count). The SMILES string of the molecule is CNC(CN1CCC(C)C1)c1ccccc1C. The van der Waals surface area contributed by atoms with Gasteiger partial charge in [-0.05, 0) is 44.0 Å². The summed E-state index contributed by atoms with van der Waals surface area (Å²) < 4.78 is 0. The molecule has 2 atom stereocenters. The lowest BCUT2D eigenvalue weighted by Gasteiger charge is -2.25. The molecule has 0 amide bonds. The number of likely N-dealkylation sites (N-methyl/N-ethyl adjacent to an activating group) is 1. The minimum absolute atomic E-state index is 0.460. The van der Waals surface area contributed by atoms with Crippen molar-refractivity contribution >= 4 is 0 Å². The van der Waals surface area contributed by atoms with E-state index in [1.165, 1.54) is 30.6 Å². The van der Waals surface area contributed by atoms with Gasteiger partial charge in [-0.25, -0.2) is 0 Å². The Hall–Kier alpha value is -0.860. The normalized spacial score (nSPS) is 22.9. The zero-order chi connectivity index (χ0) is 12.3. The molecule has 17 heavy (non-hydrogen) atoms. The highest BCUT2D eigenvalue weighted by atomic mass is 15.2. The molecular weight excluding hydrogens is 208 g/mol. The third-order valence-corrected chi connectivity index (χ3v) is 3.86. The van der Waals surface area contributed by atoms with Crippen LogP contribution in [0.15, 0.2) is 24.3 Å². The van der Waals surface area contributed by atoms with E-state index in [2.05, 4.69) is 55.4 Å². The Morgan fingerprint density at radius 2 is 2.18 bits per heavy atom. The van der Waals surface area contributed by atoms with Gasteiger partial charge in [0.15, 0.2) is 0 Å². The van der Waals surface area contributed by atoms with Crippen molar-refractivity contribution in [2.45, 2.75) is 26.3 Å². The number of benzene rings is 1. The number of rotatable bonds is 4. The molecule has 0 aromatic heterocycles. The summed E-state index contributed by atoms with van der Waals surface area (Å²) in [6.45, 7) is 8.19. The molecule has 2 heteroatoms. The average Bonchev–Trinajstić information content (AvgIpc) is 2.73. The molecule has 0 spiro atoms. The molecule has 1 aliphatic rings. The van der Waals surface area contributed by atoms with Crippen LogP contribution in [0.2, 0.25) is 0 Å². The van der Waals surface area contributed by atoms with Gasteiger partial charge in [0.05, 0.1) is 0 Å². The summed E-state index contributed by atoms with van der Waals surface area (Å²) >= 11 is 0. The molecule has 94 valence electrons. The van der Waals surface area contributed by atoms with Crippen LogP contribution in [0.25, 0.3) is 0 Å². The second-order valence-corrected chi connectivity index (χ2v) is 5.35. The molecule has 1 aromatic rings. The number of hydrogen-bond donors (Lipinski definition) is 1. The van der Waals surface area contributed by atoms with Crippen LogP contribution in [0.4, 0.5) is 0 Å². The number of nitrogens with zero attached hydrogens (tertiary/aromatic N) is 1. The highest BCUT2D eigenvalue weighted by molar-refractivity contribution is 5.29. The summed E-state index contributed by atoms with van der Waals surface area (Å²) in [6.07, 6.45) is 1.35. The first-order valence-electron chi connectivity index (χ1n) is 6.66. The lowest BCUT2D eigenvalue weighted by molar-refractivity contribution is 0.290. The Kier molecular flexibility index (Phi) is 4.19. The Morgan fingerprint density at radius 1 is 1.41 bits per heavy atom. The van der Waals surface area contributed by atoms with Gasteiger partial charge in [-0.2, -0.15) is 0 Å². The van der Waals surface area contributed by atoms with Crippen molar-refractivity contribution < 1.29 is 0 Å². The van der Waals surface area contributed by atoms with Crippen molar-refractivity contribution in [1.29, 1.82) is 0 Å². The van der Waals surface area contributed by atoms with Gasteiger partial charge in [0, 0.05) is 19.1 Å². The smallest absolute Gasteiger partial charge is 0.0449 e. The maximum atomic E-state index is 3.46. The molecule has 1 N–H and O–H groups in total. The lowest BCUT2D eigenvalue weighted by Crippen LogP contribution is -2.32. The van der Waals surface area contributed by atoms with Gasteiger partial charge in [-0.15, -0.1) is 0 Å². The predicted molar refractivity (Wildman–Crippen MR) is 73.2 cm³/mol.